The van der Waals surface area contributed by atoms with Crippen LogP contribution < -0.4 is 0 Å². The largest absolute Gasteiger partial charge is 0.0823 e. The summed E-state index contributed by atoms with van der Waals surface area (Å²) in [5.74, 6) is 0. The summed E-state index contributed by atoms with van der Waals surface area (Å²) >= 11 is 7.65. The second kappa shape index (κ2) is 5.02. The van der Waals surface area contributed by atoms with Crippen molar-refractivity contribution in [3.8, 4) is 0 Å². The number of alkyl halides is 2. The van der Waals surface area contributed by atoms with E-state index < -0.39 is 0 Å². The van der Waals surface area contributed by atoms with Gasteiger partial charge in [-0.25, -0.2) is 0 Å². The van der Waals surface area contributed by atoms with Crippen molar-refractivity contribution in [3.05, 3.63) is 70.8 Å². The van der Waals surface area contributed by atoms with E-state index in [2.05, 4.69) is 92.5 Å². The monoisotopic (exact) mass is 362 g/mol. The maximum Gasteiger partial charge on any atom is 0.0567 e. The van der Waals surface area contributed by atoms with E-state index in [-0.39, 0.29) is 9.65 Å². The van der Waals surface area contributed by atoms with Gasteiger partial charge >= 0.3 is 0 Å². The highest BCUT2D eigenvalue weighted by Crippen LogP contribution is 2.46. The Morgan fingerprint density at radius 2 is 1.00 bits per heavy atom. The highest BCUT2D eigenvalue weighted by molar-refractivity contribution is 9.12. The van der Waals surface area contributed by atoms with E-state index in [9.17, 15) is 0 Å². The molecule has 0 aliphatic heterocycles. The summed E-state index contributed by atoms with van der Waals surface area (Å²) in [6.45, 7) is 0. The van der Waals surface area contributed by atoms with Crippen LogP contribution in [0.5, 0.6) is 0 Å². The molecule has 0 fully saturated rings. The third kappa shape index (κ3) is 2.08. The average molecular weight is 364 g/mol. The molecule has 0 N–H and O–H groups in total. The minimum Gasteiger partial charge on any atom is -0.0823 e. The molecule has 18 heavy (non-hydrogen) atoms. The smallest absolute Gasteiger partial charge is 0.0567 e. The second-order valence-electron chi connectivity index (χ2n) is 4.39. The molecule has 0 nitrogen and oxygen atoms in total. The number of rotatable bonds is 0. The fourth-order valence-electron chi connectivity index (χ4n) is 2.32. The van der Waals surface area contributed by atoms with Crippen LogP contribution in [0, 0.1) is 0 Å². The molecule has 0 saturated heterocycles. The normalized spacial score (nSPS) is 21.7. The van der Waals surface area contributed by atoms with Gasteiger partial charge in [-0.2, -0.15) is 0 Å². The predicted octanol–water partition coefficient (Wildman–Crippen LogP) is 5.74. The van der Waals surface area contributed by atoms with Gasteiger partial charge in [-0.15, -0.1) is 0 Å². The molecule has 2 aromatic carbocycles. The van der Waals surface area contributed by atoms with E-state index in [0.29, 0.717) is 0 Å². The zero-order valence-corrected chi connectivity index (χ0v) is 12.9. The van der Waals surface area contributed by atoms with Crippen LogP contribution in [0.25, 0.3) is 12.2 Å². The van der Waals surface area contributed by atoms with Gasteiger partial charge in [0, 0.05) is 0 Å². The summed E-state index contributed by atoms with van der Waals surface area (Å²) in [5.41, 5.74) is 5.20. The Kier molecular flexibility index (Phi) is 3.40. The highest BCUT2D eigenvalue weighted by atomic mass is 79.9. The molecule has 3 rings (SSSR count). The van der Waals surface area contributed by atoms with E-state index in [4.69, 9.17) is 0 Å². The standard InChI is InChI=1S/C16H12Br2/c17-15-13-7-3-1-5-11(13)9-10-12-6-2-4-8-14(12)16(15)18/h1-10,15-16H/t15-,16-/m0/s1. The first-order chi connectivity index (χ1) is 8.77. The van der Waals surface area contributed by atoms with Crippen molar-refractivity contribution in [2.45, 2.75) is 9.65 Å². The lowest BCUT2D eigenvalue weighted by atomic mass is 9.93. The van der Waals surface area contributed by atoms with Crippen molar-refractivity contribution in [1.82, 2.24) is 0 Å². The lowest BCUT2D eigenvalue weighted by Crippen LogP contribution is -2.04. The minimum atomic E-state index is 0.278. The molecule has 0 bridgehead atoms. The summed E-state index contributed by atoms with van der Waals surface area (Å²) in [7, 11) is 0. The van der Waals surface area contributed by atoms with Crippen LogP contribution in [0.1, 0.15) is 31.9 Å². The van der Waals surface area contributed by atoms with Gasteiger partial charge in [0.25, 0.3) is 0 Å². The molecule has 2 heteroatoms. The van der Waals surface area contributed by atoms with Crippen molar-refractivity contribution < 1.29 is 0 Å². The number of benzene rings is 2. The highest BCUT2D eigenvalue weighted by Gasteiger charge is 2.24. The van der Waals surface area contributed by atoms with E-state index in [0.717, 1.165) is 0 Å². The van der Waals surface area contributed by atoms with Gasteiger partial charge in [0.1, 0.15) is 0 Å². The van der Waals surface area contributed by atoms with Gasteiger partial charge in [-0.05, 0) is 22.3 Å². The van der Waals surface area contributed by atoms with Gasteiger partial charge in [0.15, 0.2) is 0 Å². The van der Waals surface area contributed by atoms with E-state index >= 15 is 0 Å². The molecule has 0 unspecified atom stereocenters. The van der Waals surface area contributed by atoms with E-state index in [1.165, 1.54) is 22.3 Å². The first-order valence-electron chi connectivity index (χ1n) is 5.91. The maximum atomic E-state index is 3.83. The van der Waals surface area contributed by atoms with Crippen molar-refractivity contribution in [2.75, 3.05) is 0 Å². The average Bonchev–Trinajstić information content (AvgIpc) is 2.43. The molecular weight excluding hydrogens is 352 g/mol. The zero-order chi connectivity index (χ0) is 12.5. The second-order valence-corrected chi connectivity index (χ2v) is 6.37. The Bertz CT molecular complexity index is 548. The molecule has 0 heterocycles. The lowest BCUT2D eigenvalue weighted by Gasteiger charge is -2.23. The van der Waals surface area contributed by atoms with Crippen molar-refractivity contribution in [2.24, 2.45) is 0 Å². The van der Waals surface area contributed by atoms with Crippen molar-refractivity contribution in [1.29, 1.82) is 0 Å². The fourth-order valence-corrected chi connectivity index (χ4v) is 3.73. The third-order valence-corrected chi connectivity index (χ3v) is 6.04. The van der Waals surface area contributed by atoms with Crippen LogP contribution in [0.4, 0.5) is 0 Å². The topological polar surface area (TPSA) is 0 Å². The fraction of sp³-hybridized carbons (Fsp3) is 0.125. The number of halogens is 2. The molecular formula is C16H12Br2. The van der Waals surface area contributed by atoms with Crippen molar-refractivity contribution in [3.63, 3.8) is 0 Å². The lowest BCUT2D eigenvalue weighted by molar-refractivity contribution is 0.931. The summed E-state index contributed by atoms with van der Waals surface area (Å²) in [5, 5.41) is 0. The van der Waals surface area contributed by atoms with Gasteiger partial charge in [0.2, 0.25) is 0 Å². The Morgan fingerprint density at radius 3 is 1.44 bits per heavy atom. The third-order valence-electron chi connectivity index (χ3n) is 3.29. The summed E-state index contributed by atoms with van der Waals surface area (Å²) in [4.78, 5) is 0.555. The predicted molar refractivity (Wildman–Crippen MR) is 85.1 cm³/mol. The van der Waals surface area contributed by atoms with E-state index in [1.807, 2.05) is 0 Å². The zero-order valence-electron chi connectivity index (χ0n) is 9.68. The minimum absolute atomic E-state index is 0.278. The van der Waals surface area contributed by atoms with Gasteiger partial charge < -0.3 is 0 Å². The van der Waals surface area contributed by atoms with Crippen LogP contribution in [0.15, 0.2) is 48.5 Å². The van der Waals surface area contributed by atoms with Crippen LogP contribution in [-0.4, -0.2) is 0 Å². The Labute approximate surface area is 124 Å². The number of hydrogen-bond acceptors (Lipinski definition) is 0. The van der Waals surface area contributed by atoms with E-state index in [1.54, 1.807) is 0 Å². The molecule has 0 radical (unpaired) electrons. The Balaban J connectivity index is 2.22. The Morgan fingerprint density at radius 1 is 0.611 bits per heavy atom. The molecule has 2 aromatic rings. The first-order valence-corrected chi connectivity index (χ1v) is 7.74. The molecule has 0 amide bonds. The number of fused-ring (bicyclic) bond motifs is 2. The Hall–Kier alpha value is -0.860. The van der Waals surface area contributed by atoms with Crippen LogP contribution >= 0.6 is 31.9 Å². The molecule has 0 aromatic heterocycles. The van der Waals surface area contributed by atoms with Gasteiger partial charge in [0.05, 0.1) is 9.65 Å². The quantitative estimate of drug-likeness (QED) is 0.523. The first kappa shape index (κ1) is 12.2. The van der Waals surface area contributed by atoms with Gasteiger partial charge in [-0.1, -0.05) is 92.5 Å². The van der Waals surface area contributed by atoms with Crippen LogP contribution in [-0.2, 0) is 0 Å². The maximum absolute atomic E-state index is 3.83. The van der Waals surface area contributed by atoms with Crippen LogP contribution in [0.3, 0.4) is 0 Å². The molecule has 1 aliphatic carbocycles. The van der Waals surface area contributed by atoms with Crippen LogP contribution in [0.2, 0.25) is 0 Å². The summed E-state index contributed by atoms with van der Waals surface area (Å²) in [6, 6.07) is 17.0. The molecule has 0 saturated carbocycles. The summed E-state index contributed by atoms with van der Waals surface area (Å²) < 4.78 is 0. The van der Waals surface area contributed by atoms with Crippen molar-refractivity contribution >= 4 is 44.0 Å². The molecule has 90 valence electrons. The SMILES string of the molecule is Br[C@H]1c2ccccc2C=Cc2ccccc2[C@@H]1Br. The molecule has 2 atom stereocenters. The number of hydrogen-bond donors (Lipinski definition) is 0. The van der Waals surface area contributed by atoms with Gasteiger partial charge in [-0.3, -0.25) is 0 Å². The molecule has 0 spiro atoms. The summed E-state index contributed by atoms with van der Waals surface area (Å²) in [6.07, 6.45) is 4.39. The molecule has 1 aliphatic rings.